The summed E-state index contributed by atoms with van der Waals surface area (Å²) in [7, 11) is 0. The minimum Gasteiger partial charge on any atom is -0.334 e. The highest BCUT2D eigenvalue weighted by atomic mass is 32.2. The van der Waals surface area contributed by atoms with Crippen molar-refractivity contribution < 1.29 is 4.79 Å². The van der Waals surface area contributed by atoms with E-state index in [1.807, 2.05) is 36.8 Å². The van der Waals surface area contributed by atoms with Crippen LogP contribution in [0.15, 0.2) is 41.7 Å². The van der Waals surface area contributed by atoms with Gasteiger partial charge in [-0.25, -0.2) is 4.98 Å². The Morgan fingerprint density at radius 3 is 3.00 bits per heavy atom. The molecule has 0 aliphatic carbocycles. The molecule has 0 amide bonds. The van der Waals surface area contributed by atoms with E-state index in [4.69, 9.17) is 0 Å². The van der Waals surface area contributed by atoms with E-state index in [2.05, 4.69) is 16.5 Å². The summed E-state index contributed by atoms with van der Waals surface area (Å²) in [6.07, 6.45) is 3.74. The first-order chi connectivity index (χ1) is 8.70. The van der Waals surface area contributed by atoms with Crippen LogP contribution in [-0.2, 0) is 12.3 Å². The van der Waals surface area contributed by atoms with Crippen LogP contribution < -0.4 is 0 Å². The van der Waals surface area contributed by atoms with Gasteiger partial charge < -0.3 is 4.57 Å². The molecule has 0 N–H and O–H groups in total. The minimum atomic E-state index is 0.107. The van der Waals surface area contributed by atoms with Crippen LogP contribution >= 0.6 is 11.8 Å². The number of hydrogen-bond acceptors (Lipinski definition) is 3. The Bertz CT molecular complexity index is 548. The van der Waals surface area contributed by atoms with Crippen molar-refractivity contribution >= 4 is 17.5 Å². The Labute approximate surface area is 111 Å². The lowest BCUT2D eigenvalue weighted by atomic mass is 10.2. The molecule has 0 radical (unpaired) electrons. The third-order valence-corrected chi connectivity index (χ3v) is 3.79. The standard InChI is InChI=1S/C14H16N2OS/c1-3-16-10-15-8-13(16)9-18-14-6-4-5-12(7-14)11(2)17/h4-8,10H,3,9H2,1-2H3. The summed E-state index contributed by atoms with van der Waals surface area (Å²) >= 11 is 1.73. The van der Waals surface area contributed by atoms with Gasteiger partial charge in [0, 0.05) is 34.6 Å². The molecule has 1 aromatic heterocycles. The zero-order valence-electron chi connectivity index (χ0n) is 10.6. The Kier molecular flexibility index (Phi) is 4.20. The van der Waals surface area contributed by atoms with Gasteiger partial charge >= 0.3 is 0 Å². The fourth-order valence-corrected chi connectivity index (χ4v) is 2.66. The highest BCUT2D eigenvalue weighted by Gasteiger charge is 2.04. The number of thioether (sulfide) groups is 1. The molecule has 0 aliphatic rings. The first-order valence-electron chi connectivity index (χ1n) is 5.93. The smallest absolute Gasteiger partial charge is 0.159 e. The number of carbonyl (C=O) groups excluding carboxylic acids is 1. The summed E-state index contributed by atoms with van der Waals surface area (Å²) in [6.45, 7) is 4.63. The van der Waals surface area contributed by atoms with E-state index in [1.54, 1.807) is 18.7 Å². The topological polar surface area (TPSA) is 34.9 Å². The molecule has 4 heteroatoms. The second-order valence-electron chi connectivity index (χ2n) is 4.04. The van der Waals surface area contributed by atoms with E-state index in [0.29, 0.717) is 0 Å². The van der Waals surface area contributed by atoms with E-state index in [-0.39, 0.29) is 5.78 Å². The maximum Gasteiger partial charge on any atom is 0.159 e. The number of aromatic nitrogens is 2. The van der Waals surface area contributed by atoms with E-state index in [1.165, 1.54) is 5.69 Å². The second kappa shape index (κ2) is 5.87. The summed E-state index contributed by atoms with van der Waals surface area (Å²) in [5.74, 6) is 0.978. The van der Waals surface area contributed by atoms with Gasteiger partial charge in [0.25, 0.3) is 0 Å². The molecule has 0 unspecified atom stereocenters. The molecule has 2 aromatic rings. The number of imidazole rings is 1. The van der Waals surface area contributed by atoms with Gasteiger partial charge in [-0.15, -0.1) is 11.8 Å². The molecule has 0 bridgehead atoms. The van der Waals surface area contributed by atoms with Crippen LogP contribution in [0.2, 0.25) is 0 Å². The normalized spacial score (nSPS) is 10.6. The summed E-state index contributed by atoms with van der Waals surface area (Å²) in [4.78, 5) is 16.6. The largest absolute Gasteiger partial charge is 0.334 e. The van der Waals surface area contributed by atoms with E-state index in [9.17, 15) is 4.79 Å². The Morgan fingerprint density at radius 2 is 2.28 bits per heavy atom. The number of Topliss-reactive ketones (excluding diaryl/α,β-unsaturated/α-hetero) is 1. The molecule has 0 spiro atoms. The molecule has 18 heavy (non-hydrogen) atoms. The van der Waals surface area contributed by atoms with Crippen LogP contribution in [0.1, 0.15) is 29.9 Å². The average Bonchev–Trinajstić information content (AvgIpc) is 2.84. The number of carbonyl (C=O) groups is 1. The van der Waals surface area contributed by atoms with E-state index in [0.717, 1.165) is 22.8 Å². The molecular formula is C14H16N2OS. The van der Waals surface area contributed by atoms with Crippen LogP contribution in [0.3, 0.4) is 0 Å². The Hall–Kier alpha value is -1.55. The molecule has 0 saturated heterocycles. The zero-order chi connectivity index (χ0) is 13.0. The molecule has 0 atom stereocenters. The highest BCUT2D eigenvalue weighted by molar-refractivity contribution is 7.98. The van der Waals surface area contributed by atoms with E-state index >= 15 is 0 Å². The maximum absolute atomic E-state index is 11.3. The number of benzene rings is 1. The van der Waals surface area contributed by atoms with Crippen molar-refractivity contribution in [2.24, 2.45) is 0 Å². The first-order valence-corrected chi connectivity index (χ1v) is 6.92. The van der Waals surface area contributed by atoms with Crippen molar-refractivity contribution in [3.8, 4) is 0 Å². The molecule has 3 nitrogen and oxygen atoms in total. The molecule has 2 rings (SSSR count). The maximum atomic E-state index is 11.3. The van der Waals surface area contributed by atoms with Crippen LogP contribution in [0.25, 0.3) is 0 Å². The van der Waals surface area contributed by atoms with Gasteiger partial charge in [0.05, 0.1) is 6.33 Å². The predicted molar refractivity (Wildman–Crippen MR) is 73.9 cm³/mol. The van der Waals surface area contributed by atoms with E-state index < -0.39 is 0 Å². The van der Waals surface area contributed by atoms with Crippen LogP contribution in [-0.4, -0.2) is 15.3 Å². The van der Waals surface area contributed by atoms with Gasteiger partial charge in [-0.05, 0) is 26.0 Å². The van der Waals surface area contributed by atoms with Gasteiger partial charge in [0.1, 0.15) is 0 Å². The lowest BCUT2D eigenvalue weighted by Crippen LogP contribution is -1.97. The fraction of sp³-hybridized carbons (Fsp3) is 0.286. The summed E-state index contributed by atoms with van der Waals surface area (Å²) < 4.78 is 2.13. The van der Waals surface area contributed by atoms with Gasteiger partial charge in [-0.2, -0.15) is 0 Å². The minimum absolute atomic E-state index is 0.107. The number of ketones is 1. The van der Waals surface area contributed by atoms with Crippen LogP contribution in [0.4, 0.5) is 0 Å². The monoisotopic (exact) mass is 260 g/mol. The predicted octanol–water partition coefficient (Wildman–Crippen LogP) is 3.40. The van der Waals surface area contributed by atoms with Crippen LogP contribution in [0, 0.1) is 0 Å². The number of aryl methyl sites for hydroxylation is 1. The SMILES string of the molecule is CCn1cncc1CSc1cccc(C(C)=O)c1. The first kappa shape index (κ1) is 12.9. The highest BCUT2D eigenvalue weighted by Crippen LogP contribution is 2.23. The molecule has 0 aliphatic heterocycles. The number of hydrogen-bond donors (Lipinski definition) is 0. The lowest BCUT2D eigenvalue weighted by molar-refractivity contribution is 0.101. The summed E-state index contributed by atoms with van der Waals surface area (Å²) in [5.41, 5.74) is 1.97. The van der Waals surface area contributed by atoms with Gasteiger partial charge in [-0.3, -0.25) is 4.79 Å². The summed E-state index contributed by atoms with van der Waals surface area (Å²) in [5, 5.41) is 0. The van der Waals surface area contributed by atoms with Crippen molar-refractivity contribution in [2.75, 3.05) is 0 Å². The quantitative estimate of drug-likeness (QED) is 0.610. The van der Waals surface area contributed by atoms with Crippen LogP contribution in [0.5, 0.6) is 0 Å². The second-order valence-corrected chi connectivity index (χ2v) is 5.09. The fourth-order valence-electron chi connectivity index (χ4n) is 1.72. The summed E-state index contributed by atoms with van der Waals surface area (Å²) in [6, 6.07) is 7.75. The van der Waals surface area contributed by atoms with Gasteiger partial charge in [-0.1, -0.05) is 12.1 Å². The van der Waals surface area contributed by atoms with Gasteiger partial charge in [0.15, 0.2) is 5.78 Å². The lowest BCUT2D eigenvalue weighted by Gasteiger charge is -2.05. The van der Waals surface area contributed by atoms with Crippen molar-refractivity contribution in [3.63, 3.8) is 0 Å². The third kappa shape index (κ3) is 3.01. The van der Waals surface area contributed by atoms with Gasteiger partial charge in [0.2, 0.25) is 0 Å². The molecule has 0 saturated carbocycles. The van der Waals surface area contributed by atoms with Crippen molar-refractivity contribution in [3.05, 3.63) is 48.0 Å². The Morgan fingerprint density at radius 1 is 1.44 bits per heavy atom. The molecule has 94 valence electrons. The molecule has 1 heterocycles. The molecular weight excluding hydrogens is 244 g/mol. The molecule has 1 aromatic carbocycles. The number of rotatable bonds is 5. The van der Waals surface area contributed by atoms with Crippen molar-refractivity contribution in [1.82, 2.24) is 9.55 Å². The zero-order valence-corrected chi connectivity index (χ0v) is 11.4. The third-order valence-electron chi connectivity index (χ3n) is 2.77. The number of nitrogens with zero attached hydrogens (tertiary/aromatic N) is 2. The van der Waals surface area contributed by atoms with Crippen molar-refractivity contribution in [2.45, 2.75) is 31.0 Å². The average molecular weight is 260 g/mol. The molecule has 0 fully saturated rings. The van der Waals surface area contributed by atoms with Crippen molar-refractivity contribution in [1.29, 1.82) is 0 Å². The Balaban J connectivity index is 2.06.